The third kappa shape index (κ3) is 3.87. The first-order valence-electron chi connectivity index (χ1n) is 15.5. The molecule has 3 aliphatic heterocycles. The first-order valence-corrected chi connectivity index (χ1v) is 15.5. The van der Waals surface area contributed by atoms with Crippen molar-refractivity contribution in [2.45, 2.75) is 43.3 Å². The molecule has 3 aliphatic rings. The van der Waals surface area contributed by atoms with Crippen LogP contribution in [0, 0.1) is 5.92 Å². The van der Waals surface area contributed by atoms with Crippen LogP contribution < -0.4 is 10.2 Å². The fraction of sp³-hybridized carbons (Fsp3) is 0.200. The van der Waals surface area contributed by atoms with E-state index in [1.807, 2.05) is 29.2 Å². The summed E-state index contributed by atoms with van der Waals surface area (Å²) in [6.45, 7) is 5.10. The van der Waals surface area contributed by atoms with Gasteiger partial charge in [-0.25, -0.2) is 0 Å². The van der Waals surface area contributed by atoms with Crippen LogP contribution in [-0.4, -0.2) is 11.6 Å². The van der Waals surface area contributed by atoms with Crippen LogP contribution in [0.2, 0.25) is 0 Å². The quantitative estimate of drug-likeness (QED) is 0.230. The number of amides is 1. The van der Waals surface area contributed by atoms with E-state index in [-0.39, 0.29) is 29.2 Å². The van der Waals surface area contributed by atoms with Crippen molar-refractivity contribution in [1.29, 1.82) is 0 Å². The maximum atomic E-state index is 15.3. The second-order valence-electron chi connectivity index (χ2n) is 12.8. The van der Waals surface area contributed by atoms with Crippen molar-refractivity contribution in [2.75, 3.05) is 4.90 Å². The first kappa shape index (κ1) is 26.8. The smallest absolute Gasteiger partial charge is 0.252 e. The summed E-state index contributed by atoms with van der Waals surface area (Å²) in [7, 11) is 0. The minimum absolute atomic E-state index is 0.0871. The summed E-state index contributed by atoms with van der Waals surface area (Å²) in [4.78, 5) is 22.7. The Morgan fingerprint density at radius 1 is 0.682 bits per heavy atom. The predicted molar refractivity (Wildman–Crippen MR) is 177 cm³/mol. The van der Waals surface area contributed by atoms with E-state index in [1.165, 1.54) is 5.56 Å². The Kier molecular flexibility index (Phi) is 6.18. The van der Waals surface area contributed by atoms with Gasteiger partial charge >= 0.3 is 0 Å². The number of rotatable bonds is 5. The topological polar surface area (TPSA) is 44.7 Å². The van der Waals surface area contributed by atoms with Gasteiger partial charge in [0.25, 0.3) is 5.91 Å². The van der Waals surface area contributed by atoms with Crippen molar-refractivity contribution in [1.82, 2.24) is 5.32 Å². The summed E-state index contributed by atoms with van der Waals surface area (Å²) >= 11 is 0. The second-order valence-corrected chi connectivity index (χ2v) is 12.8. The van der Waals surface area contributed by atoms with Crippen molar-refractivity contribution >= 4 is 23.0 Å². The molecule has 0 saturated carbocycles. The molecular weight excluding hydrogens is 538 g/mol. The average Bonchev–Trinajstić information content (AvgIpc) is 3.64. The third-order valence-electron chi connectivity index (χ3n) is 10.0. The van der Waals surface area contributed by atoms with Gasteiger partial charge in [0.15, 0.2) is 0 Å². The van der Waals surface area contributed by atoms with Crippen molar-refractivity contribution in [3.05, 3.63) is 167 Å². The van der Waals surface area contributed by atoms with Gasteiger partial charge in [-0.2, -0.15) is 0 Å². The van der Waals surface area contributed by atoms with E-state index in [0.717, 1.165) is 39.3 Å². The molecule has 1 saturated heterocycles. The highest BCUT2D eigenvalue weighted by Crippen LogP contribution is 2.61. The number of carbonyl (C=O) groups excluding carboxylic acids is 1. The van der Waals surface area contributed by atoms with Crippen LogP contribution in [-0.2, 0) is 22.3 Å². The maximum absolute atomic E-state index is 15.3. The van der Waals surface area contributed by atoms with E-state index in [4.69, 9.17) is 4.99 Å². The minimum Gasteiger partial charge on any atom is -0.306 e. The number of carbonyl (C=O) groups is 1. The normalized spacial score (nSPS) is 24.8. The fourth-order valence-corrected chi connectivity index (χ4v) is 8.11. The molecular formula is C40H35N3O. The number of fused-ring (bicyclic) bond motifs is 3. The number of benzene rings is 5. The lowest BCUT2D eigenvalue weighted by Crippen LogP contribution is -2.50. The Bertz CT molecular complexity index is 1880. The SMILES string of the molecule is CC1(C)C([C@H]2[C@@H](c3ccccc3)N[C@]3(C(=O)N(Cc4ccccc4)c4ccccc43)[C@@H]2c2ccccc2)=Nc2ccccc21. The van der Waals surface area contributed by atoms with Crippen LogP contribution in [0.5, 0.6) is 0 Å². The molecule has 0 bridgehead atoms. The van der Waals surface area contributed by atoms with E-state index >= 15 is 4.79 Å². The van der Waals surface area contributed by atoms with Crippen LogP contribution in [0.3, 0.4) is 0 Å². The van der Waals surface area contributed by atoms with Gasteiger partial charge in [0, 0.05) is 40.3 Å². The molecule has 1 N–H and O–H groups in total. The zero-order chi connectivity index (χ0) is 29.9. The molecule has 1 amide bonds. The van der Waals surface area contributed by atoms with Crippen molar-refractivity contribution in [3.8, 4) is 0 Å². The summed E-state index contributed by atoms with van der Waals surface area (Å²) in [5.74, 6) is -0.194. The van der Waals surface area contributed by atoms with Gasteiger partial charge in [-0.1, -0.05) is 141 Å². The lowest BCUT2D eigenvalue weighted by molar-refractivity contribution is -0.124. The molecule has 44 heavy (non-hydrogen) atoms. The van der Waals surface area contributed by atoms with Crippen LogP contribution in [0.4, 0.5) is 11.4 Å². The number of hydrogen-bond donors (Lipinski definition) is 1. The minimum atomic E-state index is -0.981. The van der Waals surface area contributed by atoms with Gasteiger partial charge in [0.2, 0.25) is 0 Å². The molecule has 5 aromatic carbocycles. The van der Waals surface area contributed by atoms with Crippen molar-refractivity contribution in [2.24, 2.45) is 10.9 Å². The number of nitrogens with one attached hydrogen (secondary N) is 1. The predicted octanol–water partition coefficient (Wildman–Crippen LogP) is 8.24. The van der Waals surface area contributed by atoms with E-state index < -0.39 is 5.54 Å². The summed E-state index contributed by atoms with van der Waals surface area (Å²) in [5.41, 5.74) is 7.51. The van der Waals surface area contributed by atoms with Crippen LogP contribution >= 0.6 is 0 Å². The fourth-order valence-electron chi connectivity index (χ4n) is 8.11. The van der Waals surface area contributed by atoms with E-state index in [1.54, 1.807) is 0 Å². The molecule has 3 heterocycles. The average molecular weight is 574 g/mol. The molecule has 0 aliphatic carbocycles. The number of nitrogens with zero attached hydrogens (tertiary/aromatic N) is 2. The Morgan fingerprint density at radius 3 is 1.93 bits per heavy atom. The van der Waals surface area contributed by atoms with Gasteiger partial charge in [0.1, 0.15) is 5.54 Å². The van der Waals surface area contributed by atoms with Gasteiger partial charge in [-0.15, -0.1) is 0 Å². The Hall–Kier alpha value is -4.80. The molecule has 1 fully saturated rings. The molecule has 0 radical (unpaired) electrons. The first-order chi connectivity index (χ1) is 21.5. The molecule has 8 rings (SSSR count). The number of hydrogen-bond acceptors (Lipinski definition) is 3. The molecule has 4 heteroatoms. The molecule has 0 aromatic heterocycles. The standard InChI is InChI=1S/C40H35N3O/c1-39(2)30-22-12-14-24-32(30)41-37(39)34-35(28-18-8-4-9-19-28)40(42-36(34)29-20-10-5-11-21-29)31-23-13-15-25-33(31)43(38(40)44)26-27-16-6-3-7-17-27/h3-25,34-36,42H,26H2,1-2H3/t34-,35-,36-,40+/m1/s1. The summed E-state index contributed by atoms with van der Waals surface area (Å²) in [6.07, 6.45) is 0. The number of anilines is 1. The van der Waals surface area contributed by atoms with Crippen LogP contribution in [0.1, 0.15) is 53.6 Å². The Labute approximate surface area is 259 Å². The largest absolute Gasteiger partial charge is 0.306 e. The van der Waals surface area contributed by atoms with Crippen LogP contribution in [0.25, 0.3) is 0 Å². The van der Waals surface area contributed by atoms with E-state index in [9.17, 15) is 0 Å². The molecule has 1 spiro atoms. The molecule has 216 valence electrons. The highest BCUT2D eigenvalue weighted by Gasteiger charge is 2.66. The summed E-state index contributed by atoms with van der Waals surface area (Å²) < 4.78 is 0. The maximum Gasteiger partial charge on any atom is 0.252 e. The Balaban J connectivity index is 1.38. The monoisotopic (exact) mass is 573 g/mol. The van der Waals surface area contributed by atoms with Gasteiger partial charge < -0.3 is 4.90 Å². The van der Waals surface area contributed by atoms with Gasteiger partial charge in [-0.05, 0) is 34.4 Å². The van der Waals surface area contributed by atoms with E-state index in [0.29, 0.717) is 6.54 Å². The number of para-hydroxylation sites is 2. The number of aliphatic imine (C=N–C) groups is 1. The Morgan fingerprint density at radius 2 is 1.25 bits per heavy atom. The molecule has 5 aromatic rings. The van der Waals surface area contributed by atoms with Crippen LogP contribution in [0.15, 0.2) is 145 Å². The van der Waals surface area contributed by atoms with Gasteiger partial charge in [0.05, 0.1) is 12.2 Å². The second kappa shape index (κ2) is 10.1. The summed E-state index contributed by atoms with van der Waals surface area (Å²) in [5, 5.41) is 4.07. The highest BCUT2D eigenvalue weighted by molar-refractivity contribution is 6.11. The zero-order valence-corrected chi connectivity index (χ0v) is 25.0. The lowest BCUT2D eigenvalue weighted by atomic mass is 9.65. The van der Waals surface area contributed by atoms with Crippen molar-refractivity contribution in [3.63, 3.8) is 0 Å². The third-order valence-corrected chi connectivity index (χ3v) is 10.0. The molecule has 4 nitrogen and oxygen atoms in total. The molecule has 4 atom stereocenters. The van der Waals surface area contributed by atoms with Crippen molar-refractivity contribution < 1.29 is 4.79 Å². The molecule has 0 unspecified atom stereocenters. The lowest BCUT2D eigenvalue weighted by Gasteiger charge is -2.36. The highest BCUT2D eigenvalue weighted by atomic mass is 16.2. The summed E-state index contributed by atoms with van der Waals surface area (Å²) in [6, 6.07) is 48.3. The van der Waals surface area contributed by atoms with E-state index in [2.05, 4.69) is 134 Å². The van der Waals surface area contributed by atoms with Gasteiger partial charge in [-0.3, -0.25) is 15.1 Å². The zero-order valence-electron chi connectivity index (χ0n) is 25.0.